The average Bonchev–Trinajstić information content (AvgIpc) is 3.21. The van der Waals surface area contributed by atoms with Gasteiger partial charge in [0.25, 0.3) is 11.7 Å². The maximum absolute atomic E-state index is 13.6. The van der Waals surface area contributed by atoms with E-state index in [0.29, 0.717) is 23.6 Å². The van der Waals surface area contributed by atoms with Gasteiger partial charge >= 0.3 is 0 Å². The van der Waals surface area contributed by atoms with Crippen molar-refractivity contribution in [1.29, 1.82) is 0 Å². The van der Waals surface area contributed by atoms with Crippen LogP contribution in [0.15, 0.2) is 72.3 Å². The first-order chi connectivity index (χ1) is 18.4. The van der Waals surface area contributed by atoms with Crippen molar-refractivity contribution in [2.45, 2.75) is 45.1 Å². The second kappa shape index (κ2) is 10.7. The molecular weight excluding hydrogens is 476 g/mol. The van der Waals surface area contributed by atoms with E-state index in [2.05, 4.69) is 0 Å². The van der Waals surface area contributed by atoms with E-state index in [1.54, 1.807) is 12.1 Å². The lowest BCUT2D eigenvalue weighted by Gasteiger charge is -2.27. The molecule has 1 aliphatic carbocycles. The summed E-state index contributed by atoms with van der Waals surface area (Å²) < 4.78 is 5.97. The van der Waals surface area contributed by atoms with Crippen LogP contribution in [0.2, 0.25) is 0 Å². The molecule has 3 aromatic rings. The molecule has 3 aromatic carbocycles. The maximum Gasteiger partial charge on any atom is 0.300 e. The molecule has 196 valence electrons. The summed E-state index contributed by atoms with van der Waals surface area (Å²) in [6, 6.07) is 20.1. The van der Waals surface area contributed by atoms with Crippen molar-refractivity contribution in [2.75, 3.05) is 30.5 Å². The highest BCUT2D eigenvalue weighted by Gasteiger charge is 2.47. The number of carbonyl (C=O) groups is 2. The molecule has 5 rings (SSSR count). The molecule has 1 heterocycles. The molecular formula is C32H34N2O4. The number of aliphatic hydroxyl groups is 1. The molecule has 2 aliphatic rings. The summed E-state index contributed by atoms with van der Waals surface area (Å²) in [6.45, 7) is 2.50. The fourth-order valence-electron chi connectivity index (χ4n) is 5.38. The molecule has 1 unspecified atom stereocenters. The van der Waals surface area contributed by atoms with Gasteiger partial charge in [-0.15, -0.1) is 0 Å². The molecule has 1 amide bonds. The number of para-hydroxylation sites is 2. The molecule has 1 saturated heterocycles. The fraction of sp³-hybridized carbons (Fsp3) is 0.312. The van der Waals surface area contributed by atoms with E-state index in [0.717, 1.165) is 43.4 Å². The topological polar surface area (TPSA) is 70.1 Å². The minimum Gasteiger partial charge on any atom is -0.507 e. The molecule has 0 spiro atoms. The van der Waals surface area contributed by atoms with Crippen LogP contribution < -0.4 is 14.5 Å². The second-order valence-corrected chi connectivity index (χ2v) is 10.2. The highest BCUT2D eigenvalue weighted by molar-refractivity contribution is 6.52. The van der Waals surface area contributed by atoms with Crippen LogP contribution in [-0.4, -0.2) is 37.5 Å². The van der Waals surface area contributed by atoms with E-state index in [1.807, 2.05) is 80.5 Å². The number of ketones is 1. The minimum absolute atomic E-state index is 0.0913. The van der Waals surface area contributed by atoms with Gasteiger partial charge in [0, 0.05) is 25.3 Å². The van der Waals surface area contributed by atoms with E-state index in [1.165, 1.54) is 16.0 Å². The summed E-state index contributed by atoms with van der Waals surface area (Å²) in [6.07, 6.45) is 5.04. The van der Waals surface area contributed by atoms with Crippen molar-refractivity contribution in [3.63, 3.8) is 0 Å². The third-order valence-electron chi connectivity index (χ3n) is 7.38. The van der Waals surface area contributed by atoms with Crippen LogP contribution in [-0.2, 0) is 22.4 Å². The highest BCUT2D eigenvalue weighted by atomic mass is 16.5. The molecule has 0 aromatic heterocycles. The zero-order chi connectivity index (χ0) is 26.8. The van der Waals surface area contributed by atoms with Gasteiger partial charge in [0.1, 0.15) is 11.5 Å². The number of carbonyl (C=O) groups excluding carboxylic acids is 2. The smallest absolute Gasteiger partial charge is 0.300 e. The SMILES string of the molecule is CCCOc1ccccc1N1C(=O)C(=O)/C(=C(\O)c2ccc3c(c2)CCCC3)C1c1ccc(N(C)C)cc1. The summed E-state index contributed by atoms with van der Waals surface area (Å²) >= 11 is 0. The van der Waals surface area contributed by atoms with Crippen LogP contribution in [0.1, 0.15) is 54.5 Å². The summed E-state index contributed by atoms with van der Waals surface area (Å²) in [5.41, 5.74) is 5.37. The van der Waals surface area contributed by atoms with E-state index >= 15 is 0 Å². The van der Waals surface area contributed by atoms with E-state index in [4.69, 9.17) is 4.74 Å². The first-order valence-electron chi connectivity index (χ1n) is 13.3. The van der Waals surface area contributed by atoms with Gasteiger partial charge in [-0.25, -0.2) is 0 Å². The van der Waals surface area contributed by atoms with Crippen LogP contribution in [0.3, 0.4) is 0 Å². The number of hydrogen-bond donors (Lipinski definition) is 1. The Bertz CT molecular complexity index is 1390. The van der Waals surface area contributed by atoms with E-state index in [9.17, 15) is 14.7 Å². The van der Waals surface area contributed by atoms with E-state index in [-0.39, 0.29) is 11.3 Å². The number of hydrogen-bond acceptors (Lipinski definition) is 5. The summed E-state index contributed by atoms with van der Waals surface area (Å²) in [7, 11) is 3.91. The van der Waals surface area contributed by atoms with Gasteiger partial charge in [0.2, 0.25) is 0 Å². The largest absolute Gasteiger partial charge is 0.507 e. The fourth-order valence-corrected chi connectivity index (χ4v) is 5.38. The Kier molecular flexibility index (Phi) is 7.23. The predicted octanol–water partition coefficient (Wildman–Crippen LogP) is 6.05. The first kappa shape index (κ1) is 25.6. The number of ether oxygens (including phenoxy) is 1. The van der Waals surface area contributed by atoms with Crippen LogP contribution in [0.4, 0.5) is 11.4 Å². The second-order valence-electron chi connectivity index (χ2n) is 10.2. The Hall–Kier alpha value is -4.06. The number of amides is 1. The molecule has 1 atom stereocenters. The summed E-state index contributed by atoms with van der Waals surface area (Å²) in [5, 5.41) is 11.6. The molecule has 0 saturated carbocycles. The molecule has 1 fully saturated rings. The molecule has 0 radical (unpaired) electrons. The number of Topliss-reactive ketones (excluding diaryl/α,β-unsaturated/α-hetero) is 1. The number of benzene rings is 3. The Balaban J connectivity index is 1.68. The van der Waals surface area contributed by atoms with Crippen LogP contribution >= 0.6 is 0 Å². The minimum atomic E-state index is -0.798. The quantitative estimate of drug-likeness (QED) is 0.238. The molecule has 1 aliphatic heterocycles. The van der Waals surface area contributed by atoms with Gasteiger partial charge in [-0.3, -0.25) is 14.5 Å². The number of anilines is 2. The number of aliphatic hydroxyl groups excluding tert-OH is 1. The molecule has 0 bridgehead atoms. The van der Waals surface area contributed by atoms with Crippen molar-refractivity contribution in [3.05, 3.63) is 94.6 Å². The van der Waals surface area contributed by atoms with Crippen LogP contribution in [0, 0.1) is 0 Å². The maximum atomic E-state index is 13.6. The van der Waals surface area contributed by atoms with Crippen molar-refractivity contribution >= 4 is 28.8 Å². The summed E-state index contributed by atoms with van der Waals surface area (Å²) in [4.78, 5) is 30.7. The molecule has 6 nitrogen and oxygen atoms in total. The van der Waals surface area contributed by atoms with Crippen molar-refractivity contribution < 1.29 is 19.4 Å². The molecule has 38 heavy (non-hydrogen) atoms. The zero-order valence-electron chi connectivity index (χ0n) is 22.2. The van der Waals surface area contributed by atoms with Crippen LogP contribution in [0.25, 0.3) is 5.76 Å². The average molecular weight is 511 g/mol. The normalized spacial score (nSPS) is 18.4. The number of fused-ring (bicyclic) bond motifs is 1. The van der Waals surface area contributed by atoms with Crippen molar-refractivity contribution in [2.24, 2.45) is 0 Å². The lowest BCUT2D eigenvalue weighted by molar-refractivity contribution is -0.132. The van der Waals surface area contributed by atoms with Gasteiger partial charge in [-0.2, -0.15) is 0 Å². The monoisotopic (exact) mass is 510 g/mol. The van der Waals surface area contributed by atoms with Gasteiger partial charge in [-0.1, -0.05) is 43.3 Å². The highest BCUT2D eigenvalue weighted by Crippen LogP contribution is 2.45. The molecule has 6 heteroatoms. The third-order valence-corrected chi connectivity index (χ3v) is 7.38. The van der Waals surface area contributed by atoms with Gasteiger partial charge in [0.15, 0.2) is 0 Å². The third kappa shape index (κ3) is 4.67. The van der Waals surface area contributed by atoms with Crippen molar-refractivity contribution in [3.8, 4) is 5.75 Å². The lowest BCUT2D eigenvalue weighted by Crippen LogP contribution is -2.30. The van der Waals surface area contributed by atoms with Gasteiger partial charge < -0.3 is 14.7 Å². The van der Waals surface area contributed by atoms with Gasteiger partial charge in [0.05, 0.1) is 23.9 Å². The predicted molar refractivity (Wildman–Crippen MR) is 151 cm³/mol. The lowest BCUT2D eigenvalue weighted by atomic mass is 9.88. The number of aryl methyl sites for hydroxylation is 2. The first-order valence-corrected chi connectivity index (χ1v) is 13.3. The number of nitrogens with zero attached hydrogens (tertiary/aromatic N) is 2. The Morgan fingerprint density at radius 2 is 1.68 bits per heavy atom. The number of rotatable bonds is 7. The van der Waals surface area contributed by atoms with Crippen molar-refractivity contribution in [1.82, 2.24) is 0 Å². The van der Waals surface area contributed by atoms with Gasteiger partial charge in [-0.05, 0) is 79.1 Å². The standard InChI is InChI=1S/C32H34N2O4/c1-4-19-38-27-12-8-7-11-26(27)34-29(22-15-17-25(18-16-22)33(2)3)28(31(36)32(34)37)30(35)24-14-13-21-9-5-6-10-23(21)20-24/h7-8,11-18,20,29,35H,4-6,9-10,19H2,1-3H3/b30-28-. The van der Waals surface area contributed by atoms with E-state index < -0.39 is 17.7 Å². The zero-order valence-corrected chi connectivity index (χ0v) is 22.2. The Morgan fingerprint density at radius 3 is 2.39 bits per heavy atom. The molecule has 1 N–H and O–H groups in total. The summed E-state index contributed by atoms with van der Waals surface area (Å²) in [5.74, 6) is -1.00. The Labute approximate surface area is 224 Å². The van der Waals surface area contributed by atoms with Crippen LogP contribution in [0.5, 0.6) is 5.75 Å². The Morgan fingerprint density at radius 1 is 0.974 bits per heavy atom.